The monoisotopic (exact) mass is 262 g/mol. The molecule has 4 nitrogen and oxygen atoms in total. The molecule has 0 N–H and O–H groups in total. The van der Waals surface area contributed by atoms with Gasteiger partial charge in [0, 0.05) is 31.0 Å². The number of pyridine rings is 1. The number of carbonyl (C=O) groups excluding carboxylic acids is 1. The largest absolute Gasteiger partial charge is 0.378 e. The number of morpholine rings is 1. The molecule has 1 saturated heterocycles. The van der Waals surface area contributed by atoms with E-state index in [0.717, 1.165) is 17.5 Å². The van der Waals surface area contributed by atoms with Gasteiger partial charge < -0.3 is 9.64 Å². The summed E-state index contributed by atoms with van der Waals surface area (Å²) in [6.45, 7) is 9.12. The molecule has 4 heteroatoms. The zero-order valence-corrected chi connectivity index (χ0v) is 12.0. The first kappa shape index (κ1) is 14.0. The van der Waals surface area contributed by atoms with Crippen LogP contribution in [0.15, 0.2) is 18.5 Å². The van der Waals surface area contributed by atoms with Crippen molar-refractivity contribution < 1.29 is 9.53 Å². The lowest BCUT2D eigenvalue weighted by atomic mass is 9.87. The Bertz CT molecular complexity index is 446. The fourth-order valence-corrected chi connectivity index (χ4v) is 2.28. The Morgan fingerprint density at radius 1 is 1.37 bits per heavy atom. The maximum Gasteiger partial charge on any atom is 0.254 e. The molecule has 0 spiro atoms. The quantitative estimate of drug-likeness (QED) is 0.820. The number of rotatable bonds is 2. The molecule has 1 aliphatic heterocycles. The van der Waals surface area contributed by atoms with Gasteiger partial charge in [-0.25, -0.2) is 0 Å². The fourth-order valence-electron chi connectivity index (χ4n) is 2.28. The minimum atomic E-state index is 0.102. The second kappa shape index (κ2) is 5.70. The molecular weight excluding hydrogens is 240 g/mol. The van der Waals surface area contributed by atoms with Crippen molar-refractivity contribution in [2.24, 2.45) is 5.41 Å². The van der Waals surface area contributed by atoms with Crippen LogP contribution in [0.4, 0.5) is 0 Å². The Balaban J connectivity index is 2.21. The third-order valence-corrected chi connectivity index (χ3v) is 3.15. The van der Waals surface area contributed by atoms with Gasteiger partial charge in [-0.2, -0.15) is 0 Å². The van der Waals surface area contributed by atoms with E-state index < -0.39 is 0 Å². The Hall–Kier alpha value is -1.42. The third kappa shape index (κ3) is 3.77. The number of ether oxygens (including phenoxy) is 1. The summed E-state index contributed by atoms with van der Waals surface area (Å²) in [5.41, 5.74) is 1.96. The van der Waals surface area contributed by atoms with Gasteiger partial charge in [0.15, 0.2) is 0 Å². The molecule has 1 aliphatic rings. The number of carbonyl (C=O) groups is 1. The zero-order valence-electron chi connectivity index (χ0n) is 12.0. The SMILES string of the molecule is CC(C)(C)Cc1cnccc1C(=O)N1CCOCC1. The summed E-state index contributed by atoms with van der Waals surface area (Å²) in [7, 11) is 0. The normalized spacial score (nSPS) is 16.5. The van der Waals surface area contributed by atoms with E-state index >= 15 is 0 Å². The van der Waals surface area contributed by atoms with E-state index in [1.807, 2.05) is 17.2 Å². The van der Waals surface area contributed by atoms with E-state index in [1.54, 1.807) is 6.20 Å². The Morgan fingerprint density at radius 3 is 2.68 bits per heavy atom. The summed E-state index contributed by atoms with van der Waals surface area (Å²) in [4.78, 5) is 18.6. The van der Waals surface area contributed by atoms with Crippen LogP contribution in [0, 0.1) is 5.41 Å². The minimum absolute atomic E-state index is 0.102. The van der Waals surface area contributed by atoms with Crippen LogP contribution >= 0.6 is 0 Å². The Kier molecular flexibility index (Phi) is 4.20. The van der Waals surface area contributed by atoms with Gasteiger partial charge in [-0.05, 0) is 23.5 Å². The van der Waals surface area contributed by atoms with E-state index in [4.69, 9.17) is 4.74 Å². The molecule has 0 saturated carbocycles. The zero-order chi connectivity index (χ0) is 13.9. The lowest BCUT2D eigenvalue weighted by molar-refractivity contribution is 0.0302. The molecule has 2 rings (SSSR count). The lowest BCUT2D eigenvalue weighted by Gasteiger charge is -2.28. The van der Waals surface area contributed by atoms with E-state index in [1.165, 1.54) is 0 Å². The number of aromatic nitrogens is 1. The molecule has 0 aliphatic carbocycles. The van der Waals surface area contributed by atoms with Crippen molar-refractivity contribution in [2.75, 3.05) is 26.3 Å². The standard InChI is InChI=1S/C15H22N2O2/c1-15(2,3)10-12-11-16-5-4-13(12)14(18)17-6-8-19-9-7-17/h4-5,11H,6-10H2,1-3H3. The number of hydrogen-bond donors (Lipinski definition) is 0. The van der Waals surface area contributed by atoms with Gasteiger partial charge in [0.05, 0.1) is 13.2 Å². The van der Waals surface area contributed by atoms with Crippen LogP contribution in [-0.2, 0) is 11.2 Å². The van der Waals surface area contributed by atoms with Crippen LogP contribution in [0.1, 0.15) is 36.7 Å². The van der Waals surface area contributed by atoms with Crippen LogP contribution in [-0.4, -0.2) is 42.1 Å². The molecule has 1 aromatic rings. The molecule has 0 unspecified atom stereocenters. The highest BCUT2D eigenvalue weighted by Gasteiger charge is 2.23. The van der Waals surface area contributed by atoms with Crippen LogP contribution in [0.5, 0.6) is 0 Å². The van der Waals surface area contributed by atoms with Crippen LogP contribution in [0.3, 0.4) is 0 Å². The van der Waals surface area contributed by atoms with Gasteiger partial charge in [-0.15, -0.1) is 0 Å². The fraction of sp³-hybridized carbons (Fsp3) is 0.600. The first-order valence-corrected chi connectivity index (χ1v) is 6.77. The lowest BCUT2D eigenvalue weighted by Crippen LogP contribution is -2.41. The molecule has 1 aromatic heterocycles. The number of nitrogens with zero attached hydrogens (tertiary/aromatic N) is 2. The van der Waals surface area contributed by atoms with Crippen molar-refractivity contribution in [1.29, 1.82) is 0 Å². The molecule has 1 fully saturated rings. The molecule has 0 radical (unpaired) electrons. The number of hydrogen-bond acceptors (Lipinski definition) is 3. The Morgan fingerprint density at radius 2 is 2.05 bits per heavy atom. The predicted molar refractivity (Wildman–Crippen MR) is 74.1 cm³/mol. The first-order chi connectivity index (χ1) is 8.97. The van der Waals surface area contributed by atoms with Crippen molar-refractivity contribution in [3.8, 4) is 0 Å². The topological polar surface area (TPSA) is 42.4 Å². The maximum absolute atomic E-state index is 12.5. The van der Waals surface area contributed by atoms with Gasteiger partial charge in [-0.3, -0.25) is 9.78 Å². The summed E-state index contributed by atoms with van der Waals surface area (Å²) >= 11 is 0. The summed E-state index contributed by atoms with van der Waals surface area (Å²) in [6, 6.07) is 1.83. The predicted octanol–water partition coefficient (Wildman–Crippen LogP) is 2.14. The first-order valence-electron chi connectivity index (χ1n) is 6.77. The van der Waals surface area contributed by atoms with Gasteiger partial charge >= 0.3 is 0 Å². The molecule has 0 atom stereocenters. The number of amides is 1. The van der Waals surface area contributed by atoms with Gasteiger partial charge in [0.2, 0.25) is 0 Å². The summed E-state index contributed by atoms with van der Waals surface area (Å²) in [6.07, 6.45) is 4.37. The summed E-state index contributed by atoms with van der Waals surface area (Å²) < 4.78 is 5.29. The molecule has 104 valence electrons. The third-order valence-electron chi connectivity index (χ3n) is 3.15. The smallest absolute Gasteiger partial charge is 0.254 e. The van der Waals surface area contributed by atoms with Crippen LogP contribution in [0.25, 0.3) is 0 Å². The van der Waals surface area contributed by atoms with Gasteiger partial charge in [-0.1, -0.05) is 20.8 Å². The van der Waals surface area contributed by atoms with Crippen molar-refractivity contribution in [1.82, 2.24) is 9.88 Å². The highest BCUT2D eigenvalue weighted by Crippen LogP contribution is 2.23. The molecule has 0 aromatic carbocycles. The van der Waals surface area contributed by atoms with E-state index in [-0.39, 0.29) is 11.3 Å². The molecule has 1 amide bonds. The minimum Gasteiger partial charge on any atom is -0.378 e. The second-order valence-corrected chi connectivity index (χ2v) is 6.17. The average Bonchev–Trinajstić information content (AvgIpc) is 2.38. The van der Waals surface area contributed by atoms with Crippen LogP contribution < -0.4 is 0 Å². The second-order valence-electron chi connectivity index (χ2n) is 6.17. The van der Waals surface area contributed by atoms with Crippen LogP contribution in [0.2, 0.25) is 0 Å². The van der Waals surface area contributed by atoms with Crippen molar-refractivity contribution in [3.05, 3.63) is 29.6 Å². The maximum atomic E-state index is 12.5. The molecule has 2 heterocycles. The average molecular weight is 262 g/mol. The summed E-state index contributed by atoms with van der Waals surface area (Å²) in [5, 5.41) is 0. The highest BCUT2D eigenvalue weighted by molar-refractivity contribution is 5.95. The molecule has 19 heavy (non-hydrogen) atoms. The van der Waals surface area contributed by atoms with E-state index in [2.05, 4.69) is 25.8 Å². The van der Waals surface area contributed by atoms with E-state index in [0.29, 0.717) is 26.3 Å². The van der Waals surface area contributed by atoms with Crippen molar-refractivity contribution >= 4 is 5.91 Å². The van der Waals surface area contributed by atoms with Crippen molar-refractivity contribution in [2.45, 2.75) is 27.2 Å². The highest BCUT2D eigenvalue weighted by atomic mass is 16.5. The van der Waals surface area contributed by atoms with E-state index in [9.17, 15) is 4.79 Å². The van der Waals surface area contributed by atoms with Gasteiger partial charge in [0.25, 0.3) is 5.91 Å². The molecule has 0 bridgehead atoms. The van der Waals surface area contributed by atoms with Crippen molar-refractivity contribution in [3.63, 3.8) is 0 Å². The van der Waals surface area contributed by atoms with Gasteiger partial charge in [0.1, 0.15) is 0 Å². The Labute approximate surface area is 114 Å². The molecular formula is C15H22N2O2. The summed E-state index contributed by atoms with van der Waals surface area (Å²) in [5.74, 6) is 0.102.